The van der Waals surface area contributed by atoms with Gasteiger partial charge in [0.25, 0.3) is 0 Å². The molecule has 124 valence electrons. The van der Waals surface area contributed by atoms with Crippen LogP contribution in [0.4, 0.5) is 0 Å². The highest BCUT2D eigenvalue weighted by Crippen LogP contribution is 2.27. The summed E-state index contributed by atoms with van der Waals surface area (Å²) in [5.74, 6) is 0.623. The van der Waals surface area contributed by atoms with E-state index in [0.29, 0.717) is 0 Å². The zero-order chi connectivity index (χ0) is 16.8. The molecule has 0 radical (unpaired) electrons. The Morgan fingerprint density at radius 1 is 1.26 bits per heavy atom. The van der Waals surface area contributed by atoms with Gasteiger partial charge in [0, 0.05) is 31.3 Å². The Balaban J connectivity index is 2.02. The van der Waals surface area contributed by atoms with Gasteiger partial charge in [-0.05, 0) is 43.4 Å². The average molecular weight is 314 g/mol. The topological polar surface area (TPSA) is 55.1 Å². The standard InChI is InChI=1S/C19H26N2O2/c1-14-8-7-9-17(15(14)2)16(3)19-20-11-13-21(19)12-6-4-5-10-18(22)23/h7-9,11,13,16H,4-6,10,12H2,1-3H3,(H,22,23). The summed E-state index contributed by atoms with van der Waals surface area (Å²) >= 11 is 0. The van der Waals surface area contributed by atoms with E-state index in [1.54, 1.807) is 0 Å². The molecule has 1 heterocycles. The van der Waals surface area contributed by atoms with Crippen LogP contribution >= 0.6 is 0 Å². The predicted molar refractivity (Wildman–Crippen MR) is 91.8 cm³/mol. The van der Waals surface area contributed by atoms with E-state index in [1.807, 2.05) is 12.4 Å². The van der Waals surface area contributed by atoms with E-state index in [4.69, 9.17) is 5.11 Å². The first kappa shape index (κ1) is 17.3. The number of aliphatic carboxylic acids is 1. The largest absolute Gasteiger partial charge is 0.481 e. The number of benzene rings is 1. The van der Waals surface area contributed by atoms with Crippen LogP contribution in [-0.4, -0.2) is 20.6 Å². The van der Waals surface area contributed by atoms with Crippen molar-refractivity contribution in [3.63, 3.8) is 0 Å². The van der Waals surface area contributed by atoms with E-state index >= 15 is 0 Å². The summed E-state index contributed by atoms with van der Waals surface area (Å²) in [4.78, 5) is 15.1. The molecule has 1 N–H and O–H groups in total. The zero-order valence-corrected chi connectivity index (χ0v) is 14.2. The lowest BCUT2D eigenvalue weighted by molar-refractivity contribution is -0.137. The van der Waals surface area contributed by atoms with Crippen LogP contribution in [0.3, 0.4) is 0 Å². The Kier molecular flexibility index (Phi) is 5.97. The molecule has 0 bridgehead atoms. The van der Waals surface area contributed by atoms with Crippen LogP contribution in [0.25, 0.3) is 0 Å². The number of unbranched alkanes of at least 4 members (excludes halogenated alkanes) is 2. The second-order valence-corrected chi connectivity index (χ2v) is 6.19. The van der Waals surface area contributed by atoms with Crippen LogP contribution < -0.4 is 0 Å². The maximum absolute atomic E-state index is 10.5. The molecular formula is C19H26N2O2. The molecule has 0 amide bonds. The number of carbonyl (C=O) groups is 1. The first-order valence-corrected chi connectivity index (χ1v) is 8.29. The SMILES string of the molecule is Cc1cccc(C(C)c2nccn2CCCCCC(=O)O)c1C. The second-order valence-electron chi connectivity index (χ2n) is 6.19. The summed E-state index contributed by atoms with van der Waals surface area (Å²) < 4.78 is 2.20. The lowest BCUT2D eigenvalue weighted by Crippen LogP contribution is -2.09. The van der Waals surface area contributed by atoms with Crippen molar-refractivity contribution in [1.82, 2.24) is 9.55 Å². The molecule has 0 spiro atoms. The number of imidazole rings is 1. The molecule has 4 nitrogen and oxygen atoms in total. The van der Waals surface area contributed by atoms with Gasteiger partial charge in [-0.25, -0.2) is 4.98 Å². The molecule has 0 aliphatic heterocycles. The van der Waals surface area contributed by atoms with Gasteiger partial charge < -0.3 is 9.67 Å². The number of rotatable bonds is 8. The van der Waals surface area contributed by atoms with E-state index in [2.05, 4.69) is 48.5 Å². The number of aromatic nitrogens is 2. The smallest absolute Gasteiger partial charge is 0.303 e. The molecule has 1 atom stereocenters. The minimum absolute atomic E-state index is 0.254. The van der Waals surface area contributed by atoms with Crippen molar-refractivity contribution in [2.75, 3.05) is 0 Å². The van der Waals surface area contributed by atoms with Crippen LogP contribution in [0, 0.1) is 13.8 Å². The van der Waals surface area contributed by atoms with Gasteiger partial charge in [-0.15, -0.1) is 0 Å². The monoisotopic (exact) mass is 314 g/mol. The number of carboxylic acid groups (broad SMARTS) is 1. The highest BCUT2D eigenvalue weighted by molar-refractivity contribution is 5.66. The Morgan fingerprint density at radius 2 is 2.04 bits per heavy atom. The van der Waals surface area contributed by atoms with E-state index in [-0.39, 0.29) is 12.3 Å². The van der Waals surface area contributed by atoms with Gasteiger partial charge in [-0.3, -0.25) is 4.79 Å². The quantitative estimate of drug-likeness (QED) is 0.739. The molecule has 2 aromatic rings. The van der Waals surface area contributed by atoms with Gasteiger partial charge >= 0.3 is 5.97 Å². The van der Waals surface area contributed by atoms with E-state index in [9.17, 15) is 4.79 Å². The fourth-order valence-electron chi connectivity index (χ4n) is 3.01. The molecule has 0 saturated carbocycles. The third-order valence-corrected chi connectivity index (χ3v) is 4.54. The molecule has 1 aromatic carbocycles. The lowest BCUT2D eigenvalue weighted by atomic mass is 9.93. The molecule has 0 saturated heterocycles. The summed E-state index contributed by atoms with van der Waals surface area (Å²) in [6, 6.07) is 6.42. The van der Waals surface area contributed by atoms with Gasteiger partial charge in [-0.1, -0.05) is 31.5 Å². The van der Waals surface area contributed by atoms with Gasteiger partial charge in [-0.2, -0.15) is 0 Å². The molecule has 23 heavy (non-hydrogen) atoms. The van der Waals surface area contributed by atoms with Gasteiger partial charge in [0.15, 0.2) is 0 Å². The minimum atomic E-state index is -0.711. The fourth-order valence-corrected chi connectivity index (χ4v) is 3.01. The molecule has 0 aliphatic carbocycles. The Labute approximate surface area is 138 Å². The van der Waals surface area contributed by atoms with Gasteiger partial charge in [0.1, 0.15) is 5.82 Å². The minimum Gasteiger partial charge on any atom is -0.481 e. The van der Waals surface area contributed by atoms with E-state index in [1.165, 1.54) is 16.7 Å². The number of nitrogens with zero attached hydrogens (tertiary/aromatic N) is 2. The maximum Gasteiger partial charge on any atom is 0.303 e. The second kappa shape index (κ2) is 7.95. The van der Waals surface area contributed by atoms with Crippen molar-refractivity contribution >= 4 is 5.97 Å². The van der Waals surface area contributed by atoms with Crippen LogP contribution in [0.5, 0.6) is 0 Å². The third kappa shape index (κ3) is 4.44. The molecule has 0 aliphatic rings. The third-order valence-electron chi connectivity index (χ3n) is 4.54. The van der Waals surface area contributed by atoms with Crippen LogP contribution in [0.1, 0.15) is 61.0 Å². The first-order chi connectivity index (χ1) is 11.0. The summed E-state index contributed by atoms with van der Waals surface area (Å²) in [6.45, 7) is 7.40. The fraction of sp³-hybridized carbons (Fsp3) is 0.474. The van der Waals surface area contributed by atoms with Crippen molar-refractivity contribution in [1.29, 1.82) is 0 Å². The average Bonchev–Trinajstić information content (AvgIpc) is 2.97. The predicted octanol–water partition coefficient (Wildman–Crippen LogP) is 4.30. The molecular weight excluding hydrogens is 288 g/mol. The molecule has 1 aromatic heterocycles. The number of hydrogen-bond acceptors (Lipinski definition) is 2. The lowest BCUT2D eigenvalue weighted by Gasteiger charge is -2.17. The zero-order valence-electron chi connectivity index (χ0n) is 14.2. The maximum atomic E-state index is 10.5. The van der Waals surface area contributed by atoms with Crippen LogP contribution in [0.15, 0.2) is 30.6 Å². The van der Waals surface area contributed by atoms with Crippen molar-refractivity contribution < 1.29 is 9.90 Å². The molecule has 0 fully saturated rings. The number of aryl methyl sites for hydroxylation is 2. The van der Waals surface area contributed by atoms with Crippen molar-refractivity contribution in [3.8, 4) is 0 Å². The van der Waals surface area contributed by atoms with Gasteiger partial charge in [0.05, 0.1) is 0 Å². The molecule has 2 rings (SSSR count). The Bertz CT molecular complexity index is 661. The van der Waals surface area contributed by atoms with Crippen molar-refractivity contribution in [2.24, 2.45) is 0 Å². The first-order valence-electron chi connectivity index (χ1n) is 8.29. The number of hydrogen-bond donors (Lipinski definition) is 1. The van der Waals surface area contributed by atoms with E-state index < -0.39 is 5.97 Å². The summed E-state index contributed by atoms with van der Waals surface area (Å²) in [7, 11) is 0. The summed E-state index contributed by atoms with van der Waals surface area (Å²) in [6.07, 6.45) is 6.79. The number of carboxylic acids is 1. The highest BCUT2D eigenvalue weighted by Gasteiger charge is 2.16. The normalized spacial score (nSPS) is 12.3. The highest BCUT2D eigenvalue weighted by atomic mass is 16.4. The van der Waals surface area contributed by atoms with Crippen LogP contribution in [-0.2, 0) is 11.3 Å². The van der Waals surface area contributed by atoms with Crippen molar-refractivity contribution in [3.05, 3.63) is 53.1 Å². The summed E-state index contributed by atoms with van der Waals surface area (Å²) in [5, 5.41) is 8.67. The van der Waals surface area contributed by atoms with Gasteiger partial charge in [0.2, 0.25) is 0 Å². The van der Waals surface area contributed by atoms with E-state index in [0.717, 1.165) is 31.6 Å². The van der Waals surface area contributed by atoms with Crippen molar-refractivity contribution in [2.45, 2.75) is 58.9 Å². The molecule has 4 heteroatoms. The van der Waals surface area contributed by atoms with Crippen LogP contribution in [0.2, 0.25) is 0 Å². The summed E-state index contributed by atoms with van der Waals surface area (Å²) in [5.41, 5.74) is 3.96. The molecule has 1 unspecified atom stereocenters. The Morgan fingerprint density at radius 3 is 2.78 bits per heavy atom. The Hall–Kier alpha value is -2.10.